The molecule has 0 rings (SSSR count). The van der Waals surface area contributed by atoms with Crippen LogP contribution in [0, 0.1) is 0 Å². The SMILES string of the molecule is CNCCCCCN(CCCC(=O)O)CCCC(=O)OC. The van der Waals surface area contributed by atoms with E-state index in [9.17, 15) is 9.59 Å². The van der Waals surface area contributed by atoms with Gasteiger partial charge in [0.1, 0.15) is 0 Å². The van der Waals surface area contributed by atoms with Crippen molar-refractivity contribution in [3.63, 3.8) is 0 Å². The van der Waals surface area contributed by atoms with Gasteiger partial charge in [-0.2, -0.15) is 0 Å². The minimum Gasteiger partial charge on any atom is -0.481 e. The van der Waals surface area contributed by atoms with Crippen molar-refractivity contribution in [1.82, 2.24) is 10.2 Å². The Labute approximate surface area is 127 Å². The summed E-state index contributed by atoms with van der Waals surface area (Å²) < 4.78 is 4.63. The fourth-order valence-electron chi connectivity index (χ4n) is 2.15. The Balaban J connectivity index is 3.90. The van der Waals surface area contributed by atoms with Gasteiger partial charge in [-0.1, -0.05) is 6.42 Å². The van der Waals surface area contributed by atoms with Crippen molar-refractivity contribution in [2.24, 2.45) is 0 Å². The molecule has 0 fully saturated rings. The molecule has 0 atom stereocenters. The van der Waals surface area contributed by atoms with Gasteiger partial charge in [0.25, 0.3) is 0 Å². The van der Waals surface area contributed by atoms with Crippen molar-refractivity contribution < 1.29 is 19.4 Å². The smallest absolute Gasteiger partial charge is 0.305 e. The highest BCUT2D eigenvalue weighted by atomic mass is 16.5. The first-order valence-corrected chi connectivity index (χ1v) is 7.75. The molecule has 124 valence electrons. The quantitative estimate of drug-likeness (QED) is 0.374. The van der Waals surface area contributed by atoms with E-state index in [1.807, 2.05) is 7.05 Å². The molecule has 0 saturated heterocycles. The lowest BCUT2D eigenvalue weighted by Crippen LogP contribution is -2.28. The van der Waals surface area contributed by atoms with E-state index in [4.69, 9.17) is 5.11 Å². The lowest BCUT2D eigenvalue weighted by atomic mass is 10.2. The van der Waals surface area contributed by atoms with Crippen molar-refractivity contribution in [2.75, 3.05) is 40.3 Å². The Morgan fingerprint density at radius 3 is 2.19 bits per heavy atom. The third-order valence-electron chi connectivity index (χ3n) is 3.35. The maximum absolute atomic E-state index is 11.1. The Hall–Kier alpha value is -1.14. The van der Waals surface area contributed by atoms with E-state index in [0.717, 1.165) is 51.9 Å². The number of ether oxygens (including phenoxy) is 1. The zero-order valence-corrected chi connectivity index (χ0v) is 13.4. The highest BCUT2D eigenvalue weighted by molar-refractivity contribution is 5.69. The van der Waals surface area contributed by atoms with Gasteiger partial charge in [0.2, 0.25) is 0 Å². The molecule has 21 heavy (non-hydrogen) atoms. The average molecular weight is 302 g/mol. The van der Waals surface area contributed by atoms with E-state index in [2.05, 4.69) is 15.0 Å². The van der Waals surface area contributed by atoms with E-state index < -0.39 is 5.97 Å². The summed E-state index contributed by atoms with van der Waals surface area (Å²) >= 11 is 0. The lowest BCUT2D eigenvalue weighted by Gasteiger charge is -2.21. The van der Waals surface area contributed by atoms with Crippen molar-refractivity contribution in [3.05, 3.63) is 0 Å². The van der Waals surface area contributed by atoms with Gasteiger partial charge in [-0.15, -0.1) is 0 Å². The van der Waals surface area contributed by atoms with Gasteiger partial charge in [0.05, 0.1) is 7.11 Å². The molecule has 0 aliphatic carbocycles. The molecule has 6 heteroatoms. The van der Waals surface area contributed by atoms with Crippen molar-refractivity contribution in [3.8, 4) is 0 Å². The summed E-state index contributed by atoms with van der Waals surface area (Å²) in [6, 6.07) is 0. The fraction of sp³-hybridized carbons (Fsp3) is 0.867. The van der Waals surface area contributed by atoms with Crippen molar-refractivity contribution in [2.45, 2.75) is 44.9 Å². The topological polar surface area (TPSA) is 78.9 Å². The summed E-state index contributed by atoms with van der Waals surface area (Å²) in [6.07, 6.45) is 5.46. The summed E-state index contributed by atoms with van der Waals surface area (Å²) in [4.78, 5) is 23.9. The summed E-state index contributed by atoms with van der Waals surface area (Å²) in [6.45, 7) is 3.59. The number of methoxy groups -OCH3 is 1. The number of hydrogen-bond donors (Lipinski definition) is 2. The number of unbranched alkanes of at least 4 members (excludes halogenated alkanes) is 2. The first-order chi connectivity index (χ1) is 10.1. The van der Waals surface area contributed by atoms with Gasteiger partial charge < -0.3 is 20.1 Å². The number of carbonyl (C=O) groups is 2. The Morgan fingerprint density at radius 1 is 1.00 bits per heavy atom. The minimum absolute atomic E-state index is 0.186. The van der Waals surface area contributed by atoms with Crippen LogP contribution in [0.1, 0.15) is 44.9 Å². The molecule has 0 spiro atoms. The maximum Gasteiger partial charge on any atom is 0.305 e. The van der Waals surface area contributed by atoms with Crippen molar-refractivity contribution >= 4 is 11.9 Å². The Bertz CT molecular complexity index is 285. The first-order valence-electron chi connectivity index (χ1n) is 7.75. The maximum atomic E-state index is 11.1. The number of nitrogens with zero attached hydrogens (tertiary/aromatic N) is 1. The molecule has 0 unspecified atom stereocenters. The van der Waals surface area contributed by atoms with Crippen LogP contribution in [0.25, 0.3) is 0 Å². The minimum atomic E-state index is -0.751. The predicted octanol–water partition coefficient (Wildman–Crippen LogP) is 1.50. The number of carbonyl (C=O) groups excluding carboxylic acids is 1. The van der Waals surface area contributed by atoms with Crippen LogP contribution in [0.5, 0.6) is 0 Å². The van der Waals surface area contributed by atoms with E-state index in [0.29, 0.717) is 12.8 Å². The van der Waals surface area contributed by atoms with Crippen LogP contribution in [0.3, 0.4) is 0 Å². The monoisotopic (exact) mass is 302 g/mol. The number of hydrogen-bond acceptors (Lipinski definition) is 5. The van der Waals surface area contributed by atoms with E-state index in [-0.39, 0.29) is 12.4 Å². The standard InChI is InChI=1S/C15H30N2O4/c1-16-10-4-3-5-11-17(12-6-8-14(18)19)13-7-9-15(20)21-2/h16H,3-13H2,1-2H3,(H,18,19). The van der Waals surface area contributed by atoms with E-state index >= 15 is 0 Å². The van der Waals surface area contributed by atoms with E-state index in [1.54, 1.807) is 0 Å². The Morgan fingerprint density at radius 2 is 1.62 bits per heavy atom. The number of aliphatic carboxylic acids is 1. The molecule has 0 aliphatic heterocycles. The third kappa shape index (κ3) is 13.6. The summed E-state index contributed by atoms with van der Waals surface area (Å²) in [5, 5.41) is 11.8. The van der Waals surface area contributed by atoms with Crippen LogP contribution in [0.4, 0.5) is 0 Å². The second-order valence-corrected chi connectivity index (χ2v) is 5.18. The summed E-state index contributed by atoms with van der Waals surface area (Å²) in [5.74, 6) is -0.937. The number of carboxylic acid groups (broad SMARTS) is 1. The molecule has 0 bridgehead atoms. The molecule has 6 nitrogen and oxygen atoms in total. The molecule has 0 aromatic carbocycles. The molecule has 0 heterocycles. The van der Waals surface area contributed by atoms with Gasteiger partial charge in [-0.3, -0.25) is 9.59 Å². The number of rotatable bonds is 14. The zero-order chi connectivity index (χ0) is 15.9. The molecule has 0 radical (unpaired) electrons. The summed E-state index contributed by atoms with van der Waals surface area (Å²) in [5.41, 5.74) is 0. The first kappa shape index (κ1) is 19.9. The molecule has 0 saturated carbocycles. The normalized spacial score (nSPS) is 10.8. The zero-order valence-electron chi connectivity index (χ0n) is 13.4. The van der Waals surface area contributed by atoms with Crippen LogP contribution < -0.4 is 5.32 Å². The molecule has 0 aliphatic rings. The van der Waals surface area contributed by atoms with Crippen LogP contribution in [-0.4, -0.2) is 62.3 Å². The highest BCUT2D eigenvalue weighted by Gasteiger charge is 2.08. The number of nitrogens with one attached hydrogen (secondary N) is 1. The molecular formula is C15H30N2O4. The number of carboxylic acids is 1. The molecule has 2 N–H and O–H groups in total. The predicted molar refractivity (Wildman–Crippen MR) is 82.3 cm³/mol. The number of esters is 1. The van der Waals surface area contributed by atoms with Gasteiger partial charge >= 0.3 is 11.9 Å². The molecular weight excluding hydrogens is 272 g/mol. The van der Waals surface area contributed by atoms with Crippen LogP contribution in [0.2, 0.25) is 0 Å². The molecule has 0 aromatic rings. The van der Waals surface area contributed by atoms with Crippen LogP contribution >= 0.6 is 0 Å². The van der Waals surface area contributed by atoms with Gasteiger partial charge in [0, 0.05) is 12.8 Å². The van der Waals surface area contributed by atoms with E-state index in [1.165, 1.54) is 7.11 Å². The molecule has 0 aromatic heterocycles. The van der Waals surface area contributed by atoms with Crippen LogP contribution in [0.15, 0.2) is 0 Å². The summed E-state index contributed by atoms with van der Waals surface area (Å²) in [7, 11) is 3.35. The lowest BCUT2D eigenvalue weighted by molar-refractivity contribution is -0.140. The average Bonchev–Trinajstić information content (AvgIpc) is 2.45. The van der Waals surface area contributed by atoms with Gasteiger partial charge in [-0.05, 0) is 58.9 Å². The Kier molecular flexibility index (Phi) is 13.1. The fourth-order valence-corrected chi connectivity index (χ4v) is 2.15. The third-order valence-corrected chi connectivity index (χ3v) is 3.35. The molecule has 0 amide bonds. The van der Waals surface area contributed by atoms with Crippen LogP contribution in [-0.2, 0) is 14.3 Å². The second-order valence-electron chi connectivity index (χ2n) is 5.18. The second kappa shape index (κ2) is 13.8. The largest absolute Gasteiger partial charge is 0.481 e. The highest BCUT2D eigenvalue weighted by Crippen LogP contribution is 2.04. The van der Waals surface area contributed by atoms with Crippen molar-refractivity contribution in [1.29, 1.82) is 0 Å². The van der Waals surface area contributed by atoms with Gasteiger partial charge in [0.15, 0.2) is 0 Å². The van der Waals surface area contributed by atoms with Gasteiger partial charge in [-0.25, -0.2) is 0 Å².